The lowest BCUT2D eigenvalue weighted by molar-refractivity contribution is 0.670. The predicted molar refractivity (Wildman–Crippen MR) is 212 cm³/mol. The summed E-state index contributed by atoms with van der Waals surface area (Å²) in [6, 6.07) is 49.8. The van der Waals surface area contributed by atoms with Crippen molar-refractivity contribution >= 4 is 118 Å². The first-order valence-electron chi connectivity index (χ1n) is 16.7. The molecule has 0 N–H and O–H groups in total. The van der Waals surface area contributed by atoms with Crippen LogP contribution in [0.3, 0.4) is 0 Å². The highest BCUT2D eigenvalue weighted by molar-refractivity contribution is 7.26. The summed E-state index contributed by atoms with van der Waals surface area (Å²) < 4.78 is 13.7. The van der Waals surface area contributed by atoms with Crippen LogP contribution >= 0.6 is 22.7 Å². The topological polar surface area (TPSA) is 43.9 Å². The van der Waals surface area contributed by atoms with E-state index in [0.29, 0.717) is 5.95 Å². The fourth-order valence-electron chi connectivity index (χ4n) is 8.02. The number of rotatable bonds is 2. The van der Waals surface area contributed by atoms with Crippen LogP contribution in [0.4, 0.5) is 0 Å². The van der Waals surface area contributed by atoms with Gasteiger partial charge in [-0.2, -0.15) is 0 Å². The molecule has 0 saturated heterocycles. The summed E-state index contributed by atoms with van der Waals surface area (Å²) in [5.41, 5.74) is 6.69. The number of hydrogen-bond donors (Lipinski definition) is 0. The fourth-order valence-corrected chi connectivity index (χ4v) is 10.3. The highest BCUT2D eigenvalue weighted by Gasteiger charge is 2.23. The molecule has 0 spiro atoms. The second-order valence-electron chi connectivity index (χ2n) is 12.9. The largest absolute Gasteiger partial charge is 0.455 e. The van der Waals surface area contributed by atoms with Crippen molar-refractivity contribution in [1.82, 2.24) is 14.5 Å². The van der Waals surface area contributed by atoms with E-state index in [1.165, 1.54) is 46.4 Å². The monoisotopic (exact) mass is 673 g/mol. The predicted octanol–water partition coefficient (Wildman–Crippen LogP) is 13.0. The number of thiophene rings is 2. The highest BCUT2D eigenvalue weighted by atomic mass is 32.1. The molecule has 0 aliphatic heterocycles. The zero-order valence-electron chi connectivity index (χ0n) is 26.3. The molecule has 0 unspecified atom stereocenters. The van der Waals surface area contributed by atoms with Crippen LogP contribution in [0.15, 0.2) is 144 Å². The Morgan fingerprint density at radius 2 is 1.24 bits per heavy atom. The SMILES string of the molecule is c1ccc2c(c1)oc1c(-c3nc(-n4c5ccccc5c5cc6c(ccc7sc8ccccc8c76)cc54)nc4c3sc3ccccc34)cccc12. The summed E-state index contributed by atoms with van der Waals surface area (Å²) in [5.74, 6) is 0.650. The maximum atomic E-state index is 6.58. The van der Waals surface area contributed by atoms with Gasteiger partial charge in [0.05, 0.1) is 26.9 Å². The number of benzene rings is 7. The van der Waals surface area contributed by atoms with Crippen LogP contribution in [0.25, 0.3) is 112 Å². The van der Waals surface area contributed by atoms with E-state index in [0.717, 1.165) is 59.8 Å². The summed E-state index contributed by atoms with van der Waals surface area (Å²) in [7, 11) is 0. The van der Waals surface area contributed by atoms with Crippen LogP contribution < -0.4 is 0 Å². The van der Waals surface area contributed by atoms with E-state index in [-0.39, 0.29) is 0 Å². The lowest BCUT2D eigenvalue weighted by Gasteiger charge is -2.11. The Balaban J connectivity index is 1.22. The van der Waals surface area contributed by atoms with Gasteiger partial charge in [-0.15, -0.1) is 22.7 Å². The molecule has 12 rings (SSSR count). The van der Waals surface area contributed by atoms with Gasteiger partial charge >= 0.3 is 0 Å². The van der Waals surface area contributed by atoms with Gasteiger partial charge in [0.2, 0.25) is 5.95 Å². The Morgan fingerprint density at radius 3 is 2.14 bits per heavy atom. The van der Waals surface area contributed by atoms with Gasteiger partial charge in [0.15, 0.2) is 0 Å². The fraction of sp³-hybridized carbons (Fsp3) is 0. The highest BCUT2D eigenvalue weighted by Crippen LogP contribution is 2.45. The Kier molecular flexibility index (Phi) is 5.23. The van der Waals surface area contributed by atoms with E-state index in [1.54, 1.807) is 11.3 Å². The van der Waals surface area contributed by atoms with Gasteiger partial charge in [0.25, 0.3) is 0 Å². The van der Waals surface area contributed by atoms with E-state index >= 15 is 0 Å². The molecule has 50 heavy (non-hydrogen) atoms. The minimum atomic E-state index is 0.650. The Bertz CT molecular complexity index is 3400. The second kappa shape index (κ2) is 9.76. The first-order valence-corrected chi connectivity index (χ1v) is 18.3. The van der Waals surface area contributed by atoms with Crippen LogP contribution in [-0.2, 0) is 0 Å². The van der Waals surface area contributed by atoms with Gasteiger partial charge < -0.3 is 4.42 Å². The minimum absolute atomic E-state index is 0.650. The number of nitrogens with zero attached hydrogens (tertiary/aromatic N) is 3. The Hall–Kier alpha value is -6.08. The van der Waals surface area contributed by atoms with Crippen LogP contribution in [0.2, 0.25) is 0 Å². The van der Waals surface area contributed by atoms with E-state index in [1.807, 2.05) is 23.5 Å². The summed E-state index contributed by atoms with van der Waals surface area (Å²) in [6.07, 6.45) is 0. The molecule has 5 heterocycles. The molecule has 4 nitrogen and oxygen atoms in total. The maximum absolute atomic E-state index is 6.58. The molecule has 6 heteroatoms. The van der Waals surface area contributed by atoms with Gasteiger partial charge in [-0.3, -0.25) is 4.57 Å². The van der Waals surface area contributed by atoms with Crippen molar-refractivity contribution in [2.75, 3.05) is 0 Å². The molecule has 0 radical (unpaired) electrons. The minimum Gasteiger partial charge on any atom is -0.455 e. The Morgan fingerprint density at radius 1 is 0.500 bits per heavy atom. The van der Waals surface area contributed by atoms with E-state index < -0.39 is 0 Å². The van der Waals surface area contributed by atoms with Gasteiger partial charge in [0, 0.05) is 57.4 Å². The molecule has 0 fully saturated rings. The summed E-state index contributed by atoms with van der Waals surface area (Å²) in [6.45, 7) is 0. The molecule has 0 bridgehead atoms. The van der Waals surface area contributed by atoms with Gasteiger partial charge in [-0.25, -0.2) is 9.97 Å². The molecule has 12 aromatic rings. The van der Waals surface area contributed by atoms with E-state index in [9.17, 15) is 0 Å². The standard InChI is InChI=1S/C44H23N3OS2/c1-5-16-33-25(10-1)32-23-31-24(20-21-38-39(31)28-12-3-7-18-36(28)49-38)22-34(32)47(33)44-45-40-29-13-4-8-19-37(29)50-43(40)41(46-44)30-15-9-14-27-26-11-2-6-17-35(26)48-42(27)30/h1-23H. The van der Waals surface area contributed by atoms with Crippen molar-refractivity contribution in [1.29, 1.82) is 0 Å². The molecule has 0 aliphatic rings. The van der Waals surface area contributed by atoms with E-state index in [4.69, 9.17) is 14.4 Å². The lowest BCUT2D eigenvalue weighted by atomic mass is 10.0. The molecule has 0 aliphatic carbocycles. The zero-order valence-corrected chi connectivity index (χ0v) is 28.0. The third kappa shape index (κ3) is 3.53. The van der Waals surface area contributed by atoms with Crippen LogP contribution in [0, 0.1) is 0 Å². The smallest absolute Gasteiger partial charge is 0.235 e. The number of furan rings is 1. The average molecular weight is 674 g/mol. The van der Waals surface area contributed by atoms with Crippen LogP contribution in [0.5, 0.6) is 0 Å². The summed E-state index contributed by atoms with van der Waals surface area (Å²) in [4.78, 5) is 10.9. The van der Waals surface area contributed by atoms with Crippen molar-refractivity contribution in [2.24, 2.45) is 0 Å². The molecule has 7 aromatic carbocycles. The lowest BCUT2D eigenvalue weighted by Crippen LogP contribution is -2.02. The normalized spacial score (nSPS) is 12.4. The van der Waals surface area contributed by atoms with Crippen LogP contribution in [-0.4, -0.2) is 14.5 Å². The number of para-hydroxylation sites is 3. The number of hydrogen-bond acceptors (Lipinski definition) is 5. The molecule has 5 aromatic heterocycles. The molecule has 0 atom stereocenters. The van der Waals surface area contributed by atoms with Crippen molar-refractivity contribution < 1.29 is 4.42 Å². The summed E-state index contributed by atoms with van der Waals surface area (Å²) in [5, 5.41) is 10.8. The van der Waals surface area contributed by atoms with Crippen molar-refractivity contribution in [2.45, 2.75) is 0 Å². The van der Waals surface area contributed by atoms with Gasteiger partial charge in [-0.1, -0.05) is 91.0 Å². The quantitative estimate of drug-likeness (QED) is 0.183. The molecular weight excluding hydrogens is 651 g/mol. The third-order valence-corrected chi connectivity index (χ3v) is 12.5. The number of fused-ring (bicyclic) bond motifs is 14. The van der Waals surface area contributed by atoms with E-state index in [2.05, 4.69) is 132 Å². The molecule has 232 valence electrons. The third-order valence-electron chi connectivity index (χ3n) is 10.2. The first kappa shape index (κ1) is 26.8. The Labute approximate surface area is 292 Å². The second-order valence-corrected chi connectivity index (χ2v) is 15.0. The van der Waals surface area contributed by atoms with Crippen molar-refractivity contribution in [3.63, 3.8) is 0 Å². The van der Waals surface area contributed by atoms with Crippen molar-refractivity contribution in [3.8, 4) is 17.2 Å². The number of aromatic nitrogens is 3. The van der Waals surface area contributed by atoms with Gasteiger partial charge in [0.1, 0.15) is 11.2 Å². The molecule has 0 amide bonds. The molecule has 0 saturated carbocycles. The first-order chi connectivity index (χ1) is 24.8. The van der Waals surface area contributed by atoms with Crippen LogP contribution in [0.1, 0.15) is 0 Å². The zero-order chi connectivity index (χ0) is 32.5. The van der Waals surface area contributed by atoms with Crippen molar-refractivity contribution in [3.05, 3.63) is 140 Å². The van der Waals surface area contributed by atoms with Gasteiger partial charge in [-0.05, 0) is 59.3 Å². The summed E-state index contributed by atoms with van der Waals surface area (Å²) >= 11 is 3.60. The average Bonchev–Trinajstić information content (AvgIpc) is 3.92. The molecular formula is C44H23N3OS2. The maximum Gasteiger partial charge on any atom is 0.235 e.